The van der Waals surface area contributed by atoms with Crippen molar-refractivity contribution in [2.75, 3.05) is 0 Å². The molecule has 0 amide bonds. The van der Waals surface area contributed by atoms with Crippen molar-refractivity contribution in [2.24, 2.45) is 0 Å². The van der Waals surface area contributed by atoms with Crippen molar-refractivity contribution in [1.29, 1.82) is 0 Å². The second kappa shape index (κ2) is 3.42. The zero-order valence-corrected chi connectivity index (χ0v) is 9.10. The largest absolute Gasteiger partial charge is 0.711 e. The number of hydrogen-bond acceptors (Lipinski definition) is 2. The highest BCUT2D eigenvalue weighted by atomic mass is 79.9. The topological polar surface area (TPSA) is 44.8 Å². The molecule has 0 saturated heterocycles. The molecule has 2 aromatic rings. The fourth-order valence-electron chi connectivity index (χ4n) is 1.27. The average Bonchev–Trinajstić information content (AvgIpc) is 2.65. The van der Waals surface area contributed by atoms with Gasteiger partial charge >= 0.3 is 5.82 Å². The molecule has 0 bridgehead atoms. The first kappa shape index (κ1) is 9.21. The molecule has 2 rings (SSSR count). The summed E-state index contributed by atoms with van der Waals surface area (Å²) in [5, 5.41) is 15.5. The number of rotatable bonds is 1. The van der Waals surface area contributed by atoms with Crippen LogP contribution in [-0.4, -0.2) is 9.78 Å². The van der Waals surface area contributed by atoms with E-state index >= 15 is 0 Å². The summed E-state index contributed by atoms with van der Waals surface area (Å²) in [5.74, 6) is 0.518. The van der Waals surface area contributed by atoms with Gasteiger partial charge in [0.15, 0.2) is 0 Å². The van der Waals surface area contributed by atoms with Crippen molar-refractivity contribution in [3.8, 4) is 5.82 Å². The molecule has 0 saturated carbocycles. The van der Waals surface area contributed by atoms with Crippen molar-refractivity contribution in [2.45, 2.75) is 6.92 Å². The average molecular weight is 254 g/mol. The van der Waals surface area contributed by atoms with Crippen LogP contribution in [0.15, 0.2) is 35.2 Å². The summed E-state index contributed by atoms with van der Waals surface area (Å²) in [6.45, 7) is 1.87. The molecule has 2 heterocycles. The summed E-state index contributed by atoms with van der Waals surface area (Å²) in [7, 11) is 0. The van der Waals surface area contributed by atoms with Gasteiger partial charge in [0.05, 0.1) is 18.0 Å². The van der Waals surface area contributed by atoms with Gasteiger partial charge in [-0.05, 0) is 13.0 Å². The van der Waals surface area contributed by atoms with Crippen molar-refractivity contribution in [3.63, 3.8) is 0 Å². The number of aromatic nitrogens is 3. The van der Waals surface area contributed by atoms with Gasteiger partial charge in [-0.25, -0.2) is 4.73 Å². The van der Waals surface area contributed by atoms with Gasteiger partial charge < -0.3 is 5.21 Å². The number of halogens is 1. The lowest BCUT2D eigenvalue weighted by Crippen LogP contribution is -2.33. The maximum atomic E-state index is 11.5. The SMILES string of the molecule is Cc1c(Br)cc[n+]([O-])c1-n1cccn1. The van der Waals surface area contributed by atoms with Crippen LogP contribution < -0.4 is 4.73 Å². The molecule has 0 radical (unpaired) electrons. The second-order valence-corrected chi connectivity index (χ2v) is 3.74. The predicted molar refractivity (Wildman–Crippen MR) is 55.0 cm³/mol. The van der Waals surface area contributed by atoms with E-state index < -0.39 is 0 Å². The quantitative estimate of drug-likeness (QED) is 0.572. The first-order valence-electron chi connectivity index (χ1n) is 4.08. The first-order valence-corrected chi connectivity index (χ1v) is 4.88. The molecule has 0 atom stereocenters. The minimum Gasteiger partial charge on any atom is -0.711 e. The third-order valence-electron chi connectivity index (χ3n) is 1.98. The minimum atomic E-state index is 0.518. The van der Waals surface area contributed by atoms with E-state index in [0.717, 1.165) is 14.8 Å². The van der Waals surface area contributed by atoms with Crippen LogP contribution in [0.1, 0.15) is 5.56 Å². The number of nitrogens with zero attached hydrogens (tertiary/aromatic N) is 3. The highest BCUT2D eigenvalue weighted by Crippen LogP contribution is 2.18. The molecule has 4 nitrogen and oxygen atoms in total. The van der Waals surface area contributed by atoms with E-state index in [2.05, 4.69) is 21.0 Å². The molecule has 14 heavy (non-hydrogen) atoms. The number of pyridine rings is 1. The van der Waals surface area contributed by atoms with E-state index in [-0.39, 0.29) is 0 Å². The van der Waals surface area contributed by atoms with Gasteiger partial charge in [-0.1, -0.05) is 21.0 Å². The van der Waals surface area contributed by atoms with E-state index in [1.54, 1.807) is 29.2 Å². The number of hydrogen-bond donors (Lipinski definition) is 0. The van der Waals surface area contributed by atoms with E-state index in [1.165, 1.54) is 6.20 Å². The van der Waals surface area contributed by atoms with Gasteiger partial charge in [0.25, 0.3) is 0 Å². The normalized spacial score (nSPS) is 10.4. The summed E-state index contributed by atoms with van der Waals surface area (Å²) < 4.78 is 3.25. The molecule has 0 aliphatic rings. The van der Waals surface area contributed by atoms with Crippen molar-refractivity contribution in [1.82, 2.24) is 9.78 Å². The van der Waals surface area contributed by atoms with Crippen molar-refractivity contribution in [3.05, 3.63) is 46.0 Å². The minimum absolute atomic E-state index is 0.518. The molecule has 2 aromatic heterocycles. The van der Waals surface area contributed by atoms with E-state index in [1.807, 2.05) is 6.92 Å². The molecule has 0 aliphatic carbocycles. The zero-order chi connectivity index (χ0) is 10.1. The van der Waals surface area contributed by atoms with Crippen LogP contribution >= 0.6 is 15.9 Å². The van der Waals surface area contributed by atoms with Crippen LogP contribution in [-0.2, 0) is 0 Å². The van der Waals surface area contributed by atoms with Gasteiger partial charge in [0.2, 0.25) is 0 Å². The monoisotopic (exact) mass is 253 g/mol. The van der Waals surface area contributed by atoms with Crippen LogP contribution in [0.4, 0.5) is 0 Å². The van der Waals surface area contributed by atoms with Crippen LogP contribution in [0.2, 0.25) is 0 Å². The molecule has 0 unspecified atom stereocenters. The van der Waals surface area contributed by atoms with Gasteiger partial charge in [0.1, 0.15) is 6.20 Å². The Morgan fingerprint density at radius 2 is 2.36 bits per heavy atom. The Morgan fingerprint density at radius 3 is 3.00 bits per heavy atom. The molecule has 0 fully saturated rings. The Hall–Kier alpha value is -1.36. The van der Waals surface area contributed by atoms with Crippen molar-refractivity contribution < 1.29 is 4.73 Å². The molecular weight excluding hydrogens is 246 g/mol. The summed E-state index contributed by atoms with van der Waals surface area (Å²) in [6.07, 6.45) is 4.83. The van der Waals surface area contributed by atoms with Crippen LogP contribution in [0.5, 0.6) is 0 Å². The van der Waals surface area contributed by atoms with Crippen LogP contribution in [0.25, 0.3) is 5.82 Å². The Labute approximate surface area is 89.5 Å². The summed E-state index contributed by atoms with van der Waals surface area (Å²) >= 11 is 3.37. The lowest BCUT2D eigenvalue weighted by atomic mass is 10.3. The van der Waals surface area contributed by atoms with Gasteiger partial charge in [-0.15, -0.1) is 4.68 Å². The molecule has 72 valence electrons. The Bertz CT molecular complexity index is 453. The lowest BCUT2D eigenvalue weighted by Gasteiger charge is -2.09. The van der Waals surface area contributed by atoms with Gasteiger partial charge in [-0.3, -0.25) is 0 Å². The third kappa shape index (κ3) is 1.39. The molecular formula is C9H8BrN3O. The highest BCUT2D eigenvalue weighted by molar-refractivity contribution is 9.10. The van der Waals surface area contributed by atoms with E-state index in [4.69, 9.17) is 0 Å². The first-order chi connectivity index (χ1) is 6.70. The maximum absolute atomic E-state index is 11.5. The molecule has 0 spiro atoms. The summed E-state index contributed by atoms with van der Waals surface area (Å²) in [4.78, 5) is 0. The molecule has 0 aromatic carbocycles. The second-order valence-electron chi connectivity index (χ2n) is 2.89. The van der Waals surface area contributed by atoms with E-state index in [9.17, 15) is 5.21 Å². The lowest BCUT2D eigenvalue weighted by molar-refractivity contribution is -0.600. The van der Waals surface area contributed by atoms with E-state index in [0.29, 0.717) is 5.82 Å². The molecule has 0 aliphatic heterocycles. The fraction of sp³-hybridized carbons (Fsp3) is 0.111. The zero-order valence-electron chi connectivity index (χ0n) is 7.51. The van der Waals surface area contributed by atoms with Crippen LogP contribution in [0.3, 0.4) is 0 Å². The summed E-state index contributed by atoms with van der Waals surface area (Å²) in [6, 6.07) is 3.50. The smallest absolute Gasteiger partial charge is 0.313 e. The third-order valence-corrected chi connectivity index (χ3v) is 2.84. The fourth-order valence-corrected chi connectivity index (χ4v) is 1.56. The standard InChI is InChI=1S/C9H8BrN3O/c1-7-8(10)3-6-13(14)9(7)12-5-2-4-11-12/h2-6H,1H3. The summed E-state index contributed by atoms with van der Waals surface area (Å²) in [5.41, 5.74) is 0.867. The van der Waals surface area contributed by atoms with Gasteiger partial charge in [0, 0.05) is 10.5 Å². The maximum Gasteiger partial charge on any atom is 0.313 e. The molecule has 0 N–H and O–H groups in total. The van der Waals surface area contributed by atoms with Gasteiger partial charge in [-0.2, -0.15) is 0 Å². The van der Waals surface area contributed by atoms with Crippen molar-refractivity contribution >= 4 is 15.9 Å². The highest BCUT2D eigenvalue weighted by Gasteiger charge is 2.14. The van der Waals surface area contributed by atoms with Crippen LogP contribution in [0, 0.1) is 12.1 Å². The molecule has 5 heteroatoms. The Balaban J connectivity index is 2.69. The Kier molecular flexibility index (Phi) is 2.25. The predicted octanol–water partition coefficient (Wildman–Crippen LogP) is 1.58. The Morgan fingerprint density at radius 1 is 1.57 bits per heavy atom.